The Labute approximate surface area is 126 Å². The van der Waals surface area contributed by atoms with E-state index in [0.717, 1.165) is 17.7 Å². The number of aliphatic hydroxyl groups is 1. The average molecular weight is 315 g/mol. The van der Waals surface area contributed by atoms with Gasteiger partial charge in [0.2, 0.25) is 0 Å². The Morgan fingerprint density at radius 1 is 1.10 bits per heavy atom. The Morgan fingerprint density at radius 2 is 1.71 bits per heavy atom. The van der Waals surface area contributed by atoms with E-state index in [9.17, 15) is 18.3 Å². The molecule has 0 bridgehead atoms. The highest BCUT2D eigenvalue weighted by molar-refractivity contribution is 6.31. The van der Waals surface area contributed by atoms with Crippen molar-refractivity contribution in [3.63, 3.8) is 0 Å². The lowest BCUT2D eigenvalue weighted by atomic mass is 9.99. The fraction of sp³-hybridized carbons (Fsp3) is 0.250. The summed E-state index contributed by atoms with van der Waals surface area (Å²) in [6, 6.07) is 10.0. The van der Waals surface area contributed by atoms with E-state index in [1.807, 2.05) is 6.92 Å². The standard InChI is InChI=1S/C16H14ClF3O/c1-10-2-5-12(9-14(10)17)15(21)8-11-3-6-13(7-4-11)16(18,19)20/h2-7,9,15,21H,8H2,1H3. The first-order valence-corrected chi connectivity index (χ1v) is 6.75. The fourth-order valence-electron chi connectivity index (χ4n) is 1.99. The molecule has 5 heteroatoms. The molecule has 0 aliphatic heterocycles. The molecule has 1 atom stereocenters. The second-order valence-electron chi connectivity index (χ2n) is 4.92. The molecule has 1 N–H and O–H groups in total. The molecule has 2 aromatic rings. The van der Waals surface area contributed by atoms with Gasteiger partial charge in [-0.05, 0) is 41.8 Å². The Kier molecular flexibility index (Phi) is 4.59. The molecule has 0 aliphatic carbocycles. The number of hydrogen-bond donors (Lipinski definition) is 1. The highest BCUT2D eigenvalue weighted by Crippen LogP contribution is 2.30. The summed E-state index contributed by atoms with van der Waals surface area (Å²) >= 11 is 6.00. The molecule has 0 spiro atoms. The van der Waals surface area contributed by atoms with Crippen molar-refractivity contribution >= 4 is 11.6 Å². The van der Waals surface area contributed by atoms with Gasteiger partial charge < -0.3 is 5.11 Å². The van der Waals surface area contributed by atoms with E-state index in [1.54, 1.807) is 18.2 Å². The zero-order chi connectivity index (χ0) is 15.6. The van der Waals surface area contributed by atoms with Crippen LogP contribution in [-0.2, 0) is 12.6 Å². The summed E-state index contributed by atoms with van der Waals surface area (Å²) in [5, 5.41) is 10.7. The van der Waals surface area contributed by atoms with Crippen LogP contribution in [-0.4, -0.2) is 5.11 Å². The normalized spacial score (nSPS) is 13.2. The maximum atomic E-state index is 12.5. The molecule has 0 amide bonds. The summed E-state index contributed by atoms with van der Waals surface area (Å²) in [6.07, 6.45) is -4.92. The molecular weight excluding hydrogens is 301 g/mol. The SMILES string of the molecule is Cc1ccc(C(O)Cc2ccc(C(F)(F)F)cc2)cc1Cl. The number of hydrogen-bond acceptors (Lipinski definition) is 1. The summed E-state index contributed by atoms with van der Waals surface area (Å²) in [7, 11) is 0. The Morgan fingerprint density at radius 3 is 2.24 bits per heavy atom. The van der Waals surface area contributed by atoms with E-state index >= 15 is 0 Å². The van der Waals surface area contributed by atoms with E-state index in [0.29, 0.717) is 16.1 Å². The fourth-order valence-corrected chi connectivity index (χ4v) is 2.18. The molecular formula is C16H14ClF3O. The molecule has 0 saturated heterocycles. The van der Waals surface area contributed by atoms with Crippen LogP contribution in [0.5, 0.6) is 0 Å². The van der Waals surface area contributed by atoms with Gasteiger partial charge in [-0.3, -0.25) is 0 Å². The van der Waals surface area contributed by atoms with Crippen LogP contribution < -0.4 is 0 Å². The number of halogens is 4. The van der Waals surface area contributed by atoms with Crippen molar-refractivity contribution in [2.75, 3.05) is 0 Å². The molecule has 0 saturated carbocycles. The van der Waals surface area contributed by atoms with E-state index in [4.69, 9.17) is 11.6 Å². The summed E-state index contributed by atoms with van der Waals surface area (Å²) in [5.74, 6) is 0. The molecule has 1 nitrogen and oxygen atoms in total. The zero-order valence-electron chi connectivity index (χ0n) is 11.3. The topological polar surface area (TPSA) is 20.2 Å². The number of rotatable bonds is 3. The van der Waals surface area contributed by atoms with Gasteiger partial charge in [0.1, 0.15) is 0 Å². The van der Waals surface area contributed by atoms with Gasteiger partial charge in [-0.25, -0.2) is 0 Å². The average Bonchev–Trinajstić information content (AvgIpc) is 2.41. The molecule has 2 aromatic carbocycles. The summed E-state index contributed by atoms with van der Waals surface area (Å²) in [4.78, 5) is 0. The smallest absolute Gasteiger partial charge is 0.388 e. The molecule has 21 heavy (non-hydrogen) atoms. The Hall–Kier alpha value is -1.52. The molecule has 2 rings (SSSR count). The second-order valence-corrected chi connectivity index (χ2v) is 5.33. The van der Waals surface area contributed by atoms with Crippen molar-refractivity contribution in [2.45, 2.75) is 25.6 Å². The van der Waals surface area contributed by atoms with E-state index in [-0.39, 0.29) is 6.42 Å². The van der Waals surface area contributed by atoms with Gasteiger partial charge in [-0.15, -0.1) is 0 Å². The third kappa shape index (κ3) is 3.99. The minimum absolute atomic E-state index is 0.234. The van der Waals surface area contributed by atoms with Crippen LogP contribution in [0.4, 0.5) is 13.2 Å². The van der Waals surface area contributed by atoms with Gasteiger partial charge in [-0.1, -0.05) is 35.9 Å². The van der Waals surface area contributed by atoms with Gasteiger partial charge in [-0.2, -0.15) is 13.2 Å². The molecule has 112 valence electrons. The van der Waals surface area contributed by atoms with Crippen LogP contribution in [0, 0.1) is 6.92 Å². The number of benzene rings is 2. The molecule has 0 radical (unpaired) electrons. The van der Waals surface area contributed by atoms with E-state index < -0.39 is 17.8 Å². The van der Waals surface area contributed by atoms with Gasteiger partial charge >= 0.3 is 6.18 Å². The Bertz CT molecular complexity index is 620. The molecule has 0 fully saturated rings. The highest BCUT2D eigenvalue weighted by Gasteiger charge is 2.29. The van der Waals surface area contributed by atoms with Crippen LogP contribution in [0.2, 0.25) is 5.02 Å². The van der Waals surface area contributed by atoms with Gasteiger partial charge in [0.15, 0.2) is 0 Å². The molecule has 0 aromatic heterocycles. The monoisotopic (exact) mass is 314 g/mol. The first kappa shape index (κ1) is 15.9. The third-order valence-corrected chi connectivity index (χ3v) is 3.70. The lowest BCUT2D eigenvalue weighted by molar-refractivity contribution is -0.137. The summed E-state index contributed by atoms with van der Waals surface area (Å²) in [5.41, 5.74) is 1.49. The van der Waals surface area contributed by atoms with Crippen molar-refractivity contribution < 1.29 is 18.3 Å². The number of alkyl halides is 3. The van der Waals surface area contributed by atoms with Crippen molar-refractivity contribution in [2.24, 2.45) is 0 Å². The lowest BCUT2D eigenvalue weighted by Gasteiger charge is -2.13. The summed E-state index contributed by atoms with van der Waals surface area (Å²) < 4.78 is 37.4. The highest BCUT2D eigenvalue weighted by atomic mass is 35.5. The maximum absolute atomic E-state index is 12.5. The lowest BCUT2D eigenvalue weighted by Crippen LogP contribution is -2.06. The maximum Gasteiger partial charge on any atom is 0.416 e. The third-order valence-electron chi connectivity index (χ3n) is 3.29. The van der Waals surface area contributed by atoms with Gasteiger partial charge in [0.05, 0.1) is 11.7 Å². The second kappa shape index (κ2) is 6.08. The zero-order valence-corrected chi connectivity index (χ0v) is 12.0. The van der Waals surface area contributed by atoms with Crippen molar-refractivity contribution in [3.8, 4) is 0 Å². The molecule has 0 aliphatic rings. The van der Waals surface area contributed by atoms with Crippen LogP contribution in [0.3, 0.4) is 0 Å². The number of aliphatic hydroxyl groups excluding tert-OH is 1. The molecule has 1 unspecified atom stereocenters. The van der Waals surface area contributed by atoms with Crippen LogP contribution in [0.15, 0.2) is 42.5 Å². The van der Waals surface area contributed by atoms with Crippen molar-refractivity contribution in [1.82, 2.24) is 0 Å². The number of aryl methyl sites for hydroxylation is 1. The Balaban J connectivity index is 2.12. The first-order valence-electron chi connectivity index (χ1n) is 6.37. The summed E-state index contributed by atoms with van der Waals surface area (Å²) in [6.45, 7) is 1.86. The predicted octanol–water partition coefficient (Wildman–Crippen LogP) is 4.94. The van der Waals surface area contributed by atoms with Crippen molar-refractivity contribution in [3.05, 3.63) is 69.7 Å². The van der Waals surface area contributed by atoms with E-state index in [2.05, 4.69) is 0 Å². The molecule has 0 heterocycles. The van der Waals surface area contributed by atoms with E-state index in [1.165, 1.54) is 12.1 Å². The quantitative estimate of drug-likeness (QED) is 0.850. The van der Waals surface area contributed by atoms with Crippen molar-refractivity contribution in [1.29, 1.82) is 0 Å². The van der Waals surface area contributed by atoms with Gasteiger partial charge in [0, 0.05) is 11.4 Å². The van der Waals surface area contributed by atoms with Crippen LogP contribution >= 0.6 is 11.6 Å². The minimum Gasteiger partial charge on any atom is -0.388 e. The van der Waals surface area contributed by atoms with Gasteiger partial charge in [0.25, 0.3) is 0 Å². The minimum atomic E-state index is -4.35. The largest absolute Gasteiger partial charge is 0.416 e. The predicted molar refractivity (Wildman–Crippen MR) is 76.3 cm³/mol. The first-order chi connectivity index (χ1) is 9.77. The van der Waals surface area contributed by atoms with Crippen LogP contribution in [0.25, 0.3) is 0 Å². The van der Waals surface area contributed by atoms with Crippen LogP contribution in [0.1, 0.15) is 28.4 Å².